The molecule has 0 bridgehead atoms. The van der Waals surface area contributed by atoms with Crippen molar-refractivity contribution in [2.75, 3.05) is 51.1 Å². The molecule has 2 rings (SSSR count). The Labute approximate surface area is 184 Å². The molecule has 1 heterocycles. The molecule has 0 saturated heterocycles. The van der Waals surface area contributed by atoms with Crippen molar-refractivity contribution in [3.63, 3.8) is 0 Å². The number of ether oxygens (including phenoxy) is 1. The molecule has 1 aromatic carbocycles. The van der Waals surface area contributed by atoms with Crippen LogP contribution in [0.3, 0.4) is 0 Å². The first-order valence-corrected chi connectivity index (χ1v) is 12.4. The van der Waals surface area contributed by atoms with E-state index in [4.69, 9.17) is 9.15 Å². The highest BCUT2D eigenvalue weighted by Crippen LogP contribution is 2.21. The molecule has 0 radical (unpaired) electrons. The van der Waals surface area contributed by atoms with E-state index in [1.807, 2.05) is 73.0 Å². The number of benzene rings is 1. The predicted octanol–water partition coefficient (Wildman–Crippen LogP) is 4.49. The van der Waals surface area contributed by atoms with Gasteiger partial charge in [-0.15, -0.1) is 0 Å². The van der Waals surface area contributed by atoms with E-state index >= 15 is 0 Å². The van der Waals surface area contributed by atoms with Crippen LogP contribution in [0, 0.1) is 6.92 Å². The van der Waals surface area contributed by atoms with Crippen molar-refractivity contribution < 1.29 is 13.9 Å². The molecule has 26 heavy (non-hydrogen) atoms. The molecular formula is C19H30I2N2O3. The number of halogens is 2. The summed E-state index contributed by atoms with van der Waals surface area (Å²) in [4.78, 5) is 20.3. The lowest BCUT2D eigenvalue weighted by molar-refractivity contribution is 0.0146. The fourth-order valence-corrected chi connectivity index (χ4v) is 2.42. The molecule has 0 aliphatic carbocycles. The van der Waals surface area contributed by atoms with Gasteiger partial charge in [-0.05, 0) is 63.2 Å². The van der Waals surface area contributed by atoms with Crippen LogP contribution in [-0.4, -0.2) is 73.0 Å². The third kappa shape index (κ3) is 9.01. The maximum atomic E-state index is 12.3. The number of likely N-dealkylation sites (N-methyl/N-ethyl adjacent to an activating group) is 2. The average molecular weight is 588 g/mol. The van der Waals surface area contributed by atoms with E-state index in [1.165, 1.54) is 0 Å². The summed E-state index contributed by atoms with van der Waals surface area (Å²) < 4.78 is 11.2. The van der Waals surface area contributed by atoms with Gasteiger partial charge in [-0.1, -0.05) is 56.8 Å². The van der Waals surface area contributed by atoms with Gasteiger partial charge in [-0.3, -0.25) is 0 Å². The van der Waals surface area contributed by atoms with Crippen molar-refractivity contribution in [1.82, 2.24) is 9.80 Å². The van der Waals surface area contributed by atoms with Crippen molar-refractivity contribution in [3.8, 4) is 0 Å². The standard InChI is InChI=1S/C17H24N2O3.2CH3I/c1-12-6-7-15-13(8-12)9-16(22-15)17(20)21-14(10-18(2)3)11-19(4)5;2*1-2/h6-9,14H,10-11H2,1-5H3;2*1H3. The van der Waals surface area contributed by atoms with Gasteiger partial charge >= 0.3 is 5.97 Å². The first-order chi connectivity index (χ1) is 12.3. The van der Waals surface area contributed by atoms with Crippen LogP contribution >= 0.6 is 45.2 Å². The normalized spacial score (nSPS) is 10.5. The number of hydrogen-bond donors (Lipinski definition) is 0. The third-order valence-corrected chi connectivity index (χ3v) is 3.28. The summed E-state index contributed by atoms with van der Waals surface area (Å²) in [6, 6.07) is 7.57. The van der Waals surface area contributed by atoms with Gasteiger partial charge in [0.05, 0.1) is 0 Å². The van der Waals surface area contributed by atoms with Crippen LogP contribution < -0.4 is 0 Å². The van der Waals surface area contributed by atoms with Crippen LogP contribution in [0.1, 0.15) is 16.1 Å². The number of hydrogen-bond acceptors (Lipinski definition) is 5. The number of nitrogens with zero attached hydrogens (tertiary/aromatic N) is 2. The number of alkyl halides is 2. The molecule has 0 amide bonds. The Kier molecular flexibility index (Phi) is 13.5. The minimum Gasteiger partial charge on any atom is -0.454 e. The fourth-order valence-electron chi connectivity index (χ4n) is 2.42. The molecular weight excluding hydrogens is 558 g/mol. The van der Waals surface area contributed by atoms with E-state index in [0.29, 0.717) is 18.7 Å². The zero-order chi connectivity index (χ0) is 20.3. The molecule has 5 nitrogen and oxygen atoms in total. The molecule has 7 heteroatoms. The number of esters is 1. The van der Waals surface area contributed by atoms with Gasteiger partial charge in [0.2, 0.25) is 5.76 Å². The second-order valence-electron chi connectivity index (χ2n) is 6.20. The first kappa shape index (κ1) is 25.6. The van der Waals surface area contributed by atoms with Crippen LogP contribution in [0.25, 0.3) is 11.0 Å². The quantitative estimate of drug-likeness (QED) is 0.283. The van der Waals surface area contributed by atoms with Gasteiger partial charge in [-0.25, -0.2) is 4.79 Å². The zero-order valence-electron chi connectivity index (χ0n) is 16.7. The number of rotatable bonds is 6. The van der Waals surface area contributed by atoms with Gasteiger partial charge in [0, 0.05) is 18.5 Å². The van der Waals surface area contributed by atoms with Crippen LogP contribution in [0.15, 0.2) is 28.7 Å². The highest BCUT2D eigenvalue weighted by atomic mass is 127. The molecule has 1 aromatic heterocycles. The van der Waals surface area contributed by atoms with Crippen molar-refractivity contribution in [2.24, 2.45) is 0 Å². The highest BCUT2D eigenvalue weighted by Gasteiger charge is 2.20. The molecule has 0 spiro atoms. The zero-order valence-corrected chi connectivity index (χ0v) is 21.0. The van der Waals surface area contributed by atoms with Gasteiger partial charge in [0.15, 0.2) is 0 Å². The van der Waals surface area contributed by atoms with Crippen molar-refractivity contribution in [1.29, 1.82) is 0 Å². The minimum atomic E-state index is -0.414. The second-order valence-corrected chi connectivity index (χ2v) is 6.20. The van der Waals surface area contributed by atoms with Crippen LogP contribution in [0.4, 0.5) is 0 Å². The topological polar surface area (TPSA) is 45.9 Å². The molecule has 0 N–H and O–H groups in total. The molecule has 0 aliphatic heterocycles. The van der Waals surface area contributed by atoms with Crippen LogP contribution in [0.2, 0.25) is 0 Å². The highest BCUT2D eigenvalue weighted by molar-refractivity contribution is 14.1. The van der Waals surface area contributed by atoms with E-state index < -0.39 is 5.97 Å². The number of aryl methyl sites for hydroxylation is 1. The van der Waals surface area contributed by atoms with Gasteiger partial charge in [0.1, 0.15) is 11.7 Å². The molecule has 0 fully saturated rings. The number of furan rings is 1. The molecule has 0 atom stereocenters. The minimum absolute atomic E-state index is 0.201. The van der Waals surface area contributed by atoms with Crippen LogP contribution in [0.5, 0.6) is 0 Å². The molecule has 0 aliphatic rings. The predicted molar refractivity (Wildman–Crippen MR) is 127 cm³/mol. The first-order valence-electron chi connectivity index (χ1n) is 8.11. The largest absolute Gasteiger partial charge is 0.454 e. The summed E-state index contributed by atoms with van der Waals surface area (Å²) in [7, 11) is 7.84. The molecule has 0 unspecified atom stereocenters. The second kappa shape index (κ2) is 13.7. The monoisotopic (exact) mass is 588 g/mol. The van der Waals surface area contributed by atoms with E-state index in [9.17, 15) is 4.79 Å². The van der Waals surface area contributed by atoms with E-state index in [-0.39, 0.29) is 11.9 Å². The average Bonchev–Trinajstić information content (AvgIpc) is 3.00. The van der Waals surface area contributed by atoms with Gasteiger partial charge in [-0.2, -0.15) is 0 Å². The van der Waals surface area contributed by atoms with Crippen molar-refractivity contribution >= 4 is 62.1 Å². The van der Waals surface area contributed by atoms with Crippen molar-refractivity contribution in [3.05, 3.63) is 35.6 Å². The maximum absolute atomic E-state index is 12.3. The summed E-state index contributed by atoms with van der Waals surface area (Å²) in [5.41, 5.74) is 1.83. The number of carbonyl (C=O) groups excluding carboxylic acids is 1. The Morgan fingerprint density at radius 3 is 2.08 bits per heavy atom. The fraction of sp³-hybridized carbons (Fsp3) is 0.526. The lowest BCUT2D eigenvalue weighted by Crippen LogP contribution is -2.38. The Bertz CT molecular complexity index is 647. The smallest absolute Gasteiger partial charge is 0.374 e. The summed E-state index contributed by atoms with van der Waals surface area (Å²) in [6.07, 6.45) is -0.201. The molecule has 0 saturated carbocycles. The van der Waals surface area contributed by atoms with Gasteiger partial charge < -0.3 is 19.0 Å². The number of fused-ring (bicyclic) bond motifs is 1. The Hall–Kier alpha value is -0.390. The molecule has 2 aromatic rings. The molecule has 148 valence electrons. The summed E-state index contributed by atoms with van der Waals surface area (Å²) in [5.74, 6) is -0.161. The Morgan fingerprint density at radius 2 is 1.58 bits per heavy atom. The van der Waals surface area contributed by atoms with E-state index in [2.05, 4.69) is 45.2 Å². The Morgan fingerprint density at radius 1 is 1.04 bits per heavy atom. The lowest BCUT2D eigenvalue weighted by Gasteiger charge is -2.23. The lowest BCUT2D eigenvalue weighted by atomic mass is 10.2. The SMILES string of the molecule is CI.CI.Cc1ccc2oc(C(=O)OC(CN(C)C)CN(C)C)cc2c1. The summed E-state index contributed by atoms with van der Waals surface area (Å²) in [6.45, 7) is 3.35. The summed E-state index contributed by atoms with van der Waals surface area (Å²) >= 11 is 4.30. The number of carbonyl (C=O) groups is 1. The Balaban J connectivity index is 0.00000146. The van der Waals surface area contributed by atoms with E-state index in [1.54, 1.807) is 6.07 Å². The third-order valence-electron chi connectivity index (χ3n) is 3.28. The maximum Gasteiger partial charge on any atom is 0.374 e. The summed E-state index contributed by atoms with van der Waals surface area (Å²) in [5, 5.41) is 0.920. The van der Waals surface area contributed by atoms with Crippen molar-refractivity contribution in [2.45, 2.75) is 13.0 Å². The van der Waals surface area contributed by atoms with Crippen LogP contribution in [-0.2, 0) is 4.74 Å². The van der Waals surface area contributed by atoms with E-state index in [0.717, 1.165) is 10.9 Å². The van der Waals surface area contributed by atoms with Gasteiger partial charge in [0.25, 0.3) is 0 Å².